The summed E-state index contributed by atoms with van der Waals surface area (Å²) in [5.41, 5.74) is 0. The molecule has 0 radical (unpaired) electrons. The highest BCUT2D eigenvalue weighted by Gasteiger charge is 2.28. The molecule has 1 heteroatoms. The Morgan fingerprint density at radius 2 is 0.750 bits per heavy atom. The molecule has 0 aromatic heterocycles. The van der Waals surface area contributed by atoms with Gasteiger partial charge >= 0.3 is 0 Å². The van der Waals surface area contributed by atoms with Crippen LogP contribution in [0.15, 0.2) is 0 Å². The molecule has 0 rings (SSSR count). The van der Waals surface area contributed by atoms with Gasteiger partial charge in [0.25, 0.3) is 0 Å². The molecule has 0 unspecified atom stereocenters. The van der Waals surface area contributed by atoms with Gasteiger partial charge in [0, 0.05) is 11.8 Å². The molecule has 0 bridgehead atoms. The van der Waals surface area contributed by atoms with Gasteiger partial charge in [-0.3, -0.25) is 4.79 Å². The lowest BCUT2D eigenvalue weighted by molar-refractivity contribution is -0.129. The molecule has 0 atom stereocenters. The van der Waals surface area contributed by atoms with Crippen molar-refractivity contribution < 1.29 is 4.79 Å². The highest BCUT2D eigenvalue weighted by Crippen LogP contribution is 2.29. The molecule has 0 aromatic rings. The van der Waals surface area contributed by atoms with E-state index in [1.165, 1.54) is 0 Å². The molecule has 0 saturated carbocycles. The van der Waals surface area contributed by atoms with Crippen LogP contribution in [0, 0.1) is 35.5 Å². The largest absolute Gasteiger partial charge is 0.299 e. The summed E-state index contributed by atoms with van der Waals surface area (Å²) in [5, 5.41) is 0. The van der Waals surface area contributed by atoms with E-state index in [1.807, 2.05) is 0 Å². The van der Waals surface area contributed by atoms with E-state index in [9.17, 15) is 4.79 Å². The van der Waals surface area contributed by atoms with Gasteiger partial charge in [-0.1, -0.05) is 55.4 Å². The van der Waals surface area contributed by atoms with Crippen molar-refractivity contribution in [1.29, 1.82) is 0 Å². The second-order valence-corrected chi connectivity index (χ2v) is 8.31. The van der Waals surface area contributed by atoms with Crippen LogP contribution in [-0.2, 0) is 4.79 Å². The van der Waals surface area contributed by atoms with Crippen LogP contribution in [0.4, 0.5) is 0 Å². The van der Waals surface area contributed by atoms with Crippen molar-refractivity contribution >= 4 is 5.78 Å². The maximum Gasteiger partial charge on any atom is 0.139 e. The molecular formula is C19H38O. The lowest BCUT2D eigenvalue weighted by Crippen LogP contribution is -2.28. The summed E-state index contributed by atoms with van der Waals surface area (Å²) < 4.78 is 0. The smallest absolute Gasteiger partial charge is 0.139 e. The van der Waals surface area contributed by atoms with Crippen LogP contribution < -0.4 is 0 Å². The molecule has 0 amide bonds. The molecule has 0 aliphatic carbocycles. The number of carbonyl (C=O) groups is 1. The van der Waals surface area contributed by atoms with Crippen molar-refractivity contribution in [1.82, 2.24) is 0 Å². The second kappa shape index (κ2) is 9.58. The lowest BCUT2D eigenvalue weighted by Gasteiger charge is -2.27. The Hall–Kier alpha value is -0.330. The fourth-order valence-corrected chi connectivity index (χ4v) is 3.27. The molecule has 0 aliphatic heterocycles. The van der Waals surface area contributed by atoms with Crippen LogP contribution in [0.25, 0.3) is 0 Å². The van der Waals surface area contributed by atoms with Gasteiger partial charge in [0.15, 0.2) is 0 Å². The maximum absolute atomic E-state index is 13.0. The van der Waals surface area contributed by atoms with E-state index in [0.717, 1.165) is 25.7 Å². The summed E-state index contributed by atoms with van der Waals surface area (Å²) in [6.07, 6.45) is 4.24. The molecule has 120 valence electrons. The van der Waals surface area contributed by atoms with E-state index in [4.69, 9.17) is 0 Å². The summed E-state index contributed by atoms with van der Waals surface area (Å²) in [5.74, 6) is 3.55. The van der Waals surface area contributed by atoms with Gasteiger partial charge in [0.2, 0.25) is 0 Å². The van der Waals surface area contributed by atoms with Crippen molar-refractivity contribution in [3.05, 3.63) is 0 Å². The minimum absolute atomic E-state index is 0.275. The van der Waals surface area contributed by atoms with Crippen LogP contribution in [0.3, 0.4) is 0 Å². The highest BCUT2D eigenvalue weighted by atomic mass is 16.1. The first-order valence-electron chi connectivity index (χ1n) is 8.67. The minimum Gasteiger partial charge on any atom is -0.299 e. The van der Waals surface area contributed by atoms with E-state index in [-0.39, 0.29) is 11.8 Å². The Morgan fingerprint density at radius 1 is 0.550 bits per heavy atom. The molecule has 0 heterocycles. The van der Waals surface area contributed by atoms with Gasteiger partial charge in [0.1, 0.15) is 5.78 Å². The van der Waals surface area contributed by atoms with Crippen molar-refractivity contribution in [3.63, 3.8) is 0 Å². The number of hydrogen-bond acceptors (Lipinski definition) is 1. The van der Waals surface area contributed by atoms with E-state index in [1.54, 1.807) is 0 Å². The molecule has 20 heavy (non-hydrogen) atoms. The number of carbonyl (C=O) groups excluding carboxylic acids is 1. The predicted octanol–water partition coefficient (Wildman–Crippen LogP) is 5.97. The minimum atomic E-state index is 0.275. The zero-order valence-electron chi connectivity index (χ0n) is 15.2. The van der Waals surface area contributed by atoms with Crippen molar-refractivity contribution in [2.75, 3.05) is 0 Å². The summed E-state index contributed by atoms with van der Waals surface area (Å²) in [4.78, 5) is 13.0. The molecule has 0 aliphatic rings. The topological polar surface area (TPSA) is 17.1 Å². The Balaban J connectivity index is 4.91. The number of Topliss-reactive ketones (excluding diaryl/α,β-unsaturated/α-hetero) is 1. The lowest BCUT2D eigenvalue weighted by atomic mass is 9.77. The first-order chi connectivity index (χ1) is 9.13. The fraction of sp³-hybridized carbons (Fsp3) is 0.947. The Labute approximate surface area is 127 Å². The molecule has 0 spiro atoms. The Kier molecular flexibility index (Phi) is 9.42. The molecule has 0 aromatic carbocycles. The summed E-state index contributed by atoms with van der Waals surface area (Å²) in [7, 11) is 0. The van der Waals surface area contributed by atoms with Crippen molar-refractivity contribution in [2.45, 2.75) is 81.1 Å². The van der Waals surface area contributed by atoms with E-state index in [2.05, 4.69) is 55.4 Å². The standard InChI is InChI=1S/C19H38O/c1-13(2)9-17(10-14(3)4)19(20)18(11-15(5)6)12-16(7)8/h13-18H,9-12H2,1-8H3. The maximum atomic E-state index is 13.0. The van der Waals surface area contributed by atoms with E-state index >= 15 is 0 Å². The van der Waals surface area contributed by atoms with Gasteiger partial charge < -0.3 is 0 Å². The highest BCUT2D eigenvalue weighted by molar-refractivity contribution is 5.83. The monoisotopic (exact) mass is 282 g/mol. The SMILES string of the molecule is CC(C)CC(CC(C)C)C(=O)C(CC(C)C)CC(C)C. The van der Waals surface area contributed by atoms with Crippen LogP contribution in [-0.4, -0.2) is 5.78 Å². The summed E-state index contributed by atoms with van der Waals surface area (Å²) >= 11 is 0. The molecule has 1 nitrogen and oxygen atoms in total. The van der Waals surface area contributed by atoms with Crippen LogP contribution in [0.5, 0.6) is 0 Å². The molecule has 0 saturated heterocycles. The number of hydrogen-bond donors (Lipinski definition) is 0. The van der Waals surface area contributed by atoms with Gasteiger partial charge in [-0.25, -0.2) is 0 Å². The zero-order valence-corrected chi connectivity index (χ0v) is 15.2. The second-order valence-electron chi connectivity index (χ2n) is 8.31. The normalized spacial score (nSPS) is 12.7. The number of ketones is 1. The van der Waals surface area contributed by atoms with Gasteiger partial charge in [-0.05, 0) is 49.4 Å². The van der Waals surface area contributed by atoms with E-state index < -0.39 is 0 Å². The Morgan fingerprint density at radius 3 is 0.900 bits per heavy atom. The Bertz CT molecular complexity index is 217. The molecule has 0 N–H and O–H groups in total. The van der Waals surface area contributed by atoms with Crippen LogP contribution >= 0.6 is 0 Å². The average molecular weight is 283 g/mol. The predicted molar refractivity (Wildman–Crippen MR) is 89.8 cm³/mol. The fourth-order valence-electron chi connectivity index (χ4n) is 3.27. The van der Waals surface area contributed by atoms with Crippen LogP contribution in [0.2, 0.25) is 0 Å². The average Bonchev–Trinajstić information content (AvgIpc) is 2.23. The first kappa shape index (κ1) is 19.7. The third kappa shape index (κ3) is 8.76. The van der Waals surface area contributed by atoms with Gasteiger partial charge in [-0.2, -0.15) is 0 Å². The molecular weight excluding hydrogens is 244 g/mol. The molecule has 0 fully saturated rings. The van der Waals surface area contributed by atoms with Crippen molar-refractivity contribution in [3.8, 4) is 0 Å². The summed E-state index contributed by atoms with van der Waals surface area (Å²) in [6.45, 7) is 17.9. The quantitative estimate of drug-likeness (QED) is 0.482. The van der Waals surface area contributed by atoms with Gasteiger partial charge in [-0.15, -0.1) is 0 Å². The van der Waals surface area contributed by atoms with Crippen LogP contribution in [0.1, 0.15) is 81.1 Å². The number of rotatable bonds is 10. The first-order valence-corrected chi connectivity index (χ1v) is 8.67. The zero-order chi connectivity index (χ0) is 15.9. The summed E-state index contributed by atoms with van der Waals surface area (Å²) in [6, 6.07) is 0. The third-order valence-corrected chi connectivity index (χ3v) is 3.83. The van der Waals surface area contributed by atoms with Crippen molar-refractivity contribution in [2.24, 2.45) is 35.5 Å². The van der Waals surface area contributed by atoms with Gasteiger partial charge in [0.05, 0.1) is 0 Å². The van der Waals surface area contributed by atoms with E-state index in [0.29, 0.717) is 29.5 Å². The third-order valence-electron chi connectivity index (χ3n) is 3.83.